The van der Waals surface area contributed by atoms with Gasteiger partial charge in [0.1, 0.15) is 0 Å². The van der Waals surface area contributed by atoms with Crippen LogP contribution < -0.4 is 5.32 Å². The second kappa shape index (κ2) is 7.81. The molecule has 1 fully saturated rings. The SMILES string of the molecule is CN(CC(=O)Nc1ccc(Cl)c(Cl)c1)S(=O)(=O)N1CCCCC1. The molecule has 1 heterocycles. The Kier molecular flexibility index (Phi) is 6.27. The van der Waals surface area contributed by atoms with E-state index in [1.54, 1.807) is 12.1 Å². The van der Waals surface area contributed by atoms with Gasteiger partial charge in [0, 0.05) is 25.8 Å². The van der Waals surface area contributed by atoms with Gasteiger partial charge < -0.3 is 5.32 Å². The molecule has 0 spiro atoms. The zero-order chi connectivity index (χ0) is 17.0. The van der Waals surface area contributed by atoms with E-state index in [0.717, 1.165) is 23.6 Å². The van der Waals surface area contributed by atoms with Crippen molar-refractivity contribution in [3.8, 4) is 0 Å². The zero-order valence-electron chi connectivity index (χ0n) is 12.8. The van der Waals surface area contributed by atoms with Gasteiger partial charge in [0.25, 0.3) is 10.2 Å². The summed E-state index contributed by atoms with van der Waals surface area (Å²) in [6, 6.07) is 4.68. The summed E-state index contributed by atoms with van der Waals surface area (Å²) >= 11 is 11.7. The molecule has 1 aromatic rings. The lowest BCUT2D eigenvalue weighted by Gasteiger charge is -2.29. The second-order valence-corrected chi connectivity index (χ2v) is 8.25. The van der Waals surface area contributed by atoms with Gasteiger partial charge in [0.15, 0.2) is 0 Å². The smallest absolute Gasteiger partial charge is 0.282 e. The van der Waals surface area contributed by atoms with Crippen molar-refractivity contribution in [1.82, 2.24) is 8.61 Å². The fourth-order valence-corrected chi connectivity index (χ4v) is 4.04. The molecule has 0 aromatic heterocycles. The number of hydrogen-bond donors (Lipinski definition) is 1. The molecule has 0 atom stereocenters. The van der Waals surface area contributed by atoms with Crippen LogP contribution in [0.15, 0.2) is 18.2 Å². The summed E-state index contributed by atoms with van der Waals surface area (Å²) in [5.41, 5.74) is 0.466. The molecule has 1 aromatic carbocycles. The van der Waals surface area contributed by atoms with E-state index in [4.69, 9.17) is 23.2 Å². The minimum absolute atomic E-state index is 0.265. The van der Waals surface area contributed by atoms with E-state index in [9.17, 15) is 13.2 Å². The quantitative estimate of drug-likeness (QED) is 0.854. The Balaban J connectivity index is 1.97. The van der Waals surface area contributed by atoms with Gasteiger partial charge in [0.05, 0.1) is 16.6 Å². The Morgan fingerprint density at radius 1 is 1.22 bits per heavy atom. The third-order valence-corrected chi connectivity index (χ3v) is 6.28. The lowest BCUT2D eigenvalue weighted by atomic mass is 10.2. The molecule has 6 nitrogen and oxygen atoms in total. The molecule has 1 saturated heterocycles. The van der Waals surface area contributed by atoms with Crippen molar-refractivity contribution >= 4 is 45.0 Å². The standard InChI is InChI=1S/C14H19Cl2N3O3S/c1-18(23(21,22)19-7-3-2-4-8-19)10-14(20)17-11-5-6-12(15)13(16)9-11/h5-6,9H,2-4,7-8,10H2,1H3,(H,17,20). The monoisotopic (exact) mass is 379 g/mol. The molecule has 1 N–H and O–H groups in total. The predicted molar refractivity (Wildman–Crippen MR) is 92.1 cm³/mol. The zero-order valence-corrected chi connectivity index (χ0v) is 15.1. The van der Waals surface area contributed by atoms with Crippen LogP contribution in [0.25, 0.3) is 0 Å². The van der Waals surface area contributed by atoms with Crippen LogP contribution >= 0.6 is 23.2 Å². The van der Waals surface area contributed by atoms with Gasteiger partial charge in [-0.1, -0.05) is 29.6 Å². The Labute approximate surface area is 146 Å². The number of nitrogens with zero attached hydrogens (tertiary/aromatic N) is 2. The average Bonchev–Trinajstić information content (AvgIpc) is 2.51. The number of carbonyl (C=O) groups is 1. The highest BCUT2D eigenvalue weighted by Gasteiger charge is 2.29. The largest absolute Gasteiger partial charge is 0.325 e. The number of likely N-dealkylation sites (N-methyl/N-ethyl adjacent to an activating group) is 1. The average molecular weight is 380 g/mol. The molecule has 1 aliphatic heterocycles. The molecular formula is C14H19Cl2N3O3S. The molecule has 1 amide bonds. The number of amides is 1. The van der Waals surface area contributed by atoms with E-state index in [2.05, 4.69) is 5.32 Å². The summed E-state index contributed by atoms with van der Waals surface area (Å²) in [7, 11) is -2.20. The fourth-order valence-electron chi connectivity index (χ4n) is 2.35. The first-order valence-corrected chi connectivity index (χ1v) is 9.42. The molecule has 0 radical (unpaired) electrons. The minimum Gasteiger partial charge on any atom is -0.325 e. The van der Waals surface area contributed by atoms with Crippen molar-refractivity contribution in [1.29, 1.82) is 0 Å². The number of hydrogen-bond acceptors (Lipinski definition) is 3. The number of rotatable bonds is 5. The predicted octanol–water partition coefficient (Wildman–Crippen LogP) is 2.59. The molecule has 1 aliphatic rings. The first-order valence-electron chi connectivity index (χ1n) is 7.27. The molecule has 0 aliphatic carbocycles. The summed E-state index contributed by atoms with van der Waals surface area (Å²) < 4.78 is 27.3. The third-order valence-electron chi connectivity index (χ3n) is 3.60. The maximum atomic E-state index is 12.4. The van der Waals surface area contributed by atoms with Crippen LogP contribution in [0.2, 0.25) is 10.0 Å². The van der Waals surface area contributed by atoms with Gasteiger partial charge in [0.2, 0.25) is 5.91 Å². The van der Waals surface area contributed by atoms with Gasteiger partial charge in [-0.05, 0) is 31.0 Å². The van der Waals surface area contributed by atoms with Crippen molar-refractivity contribution in [2.75, 3.05) is 32.0 Å². The Morgan fingerprint density at radius 2 is 1.87 bits per heavy atom. The number of halogens is 2. The molecule has 0 bridgehead atoms. The van der Waals surface area contributed by atoms with Gasteiger partial charge in [-0.25, -0.2) is 0 Å². The van der Waals surface area contributed by atoms with Gasteiger partial charge in [-0.3, -0.25) is 4.79 Å². The highest BCUT2D eigenvalue weighted by atomic mass is 35.5. The second-order valence-electron chi connectivity index (χ2n) is 5.40. The number of carbonyl (C=O) groups excluding carboxylic acids is 1. The number of anilines is 1. The normalized spacial score (nSPS) is 16.5. The fraction of sp³-hybridized carbons (Fsp3) is 0.500. The molecule has 0 saturated carbocycles. The van der Waals surface area contributed by atoms with Crippen molar-refractivity contribution in [2.24, 2.45) is 0 Å². The van der Waals surface area contributed by atoms with E-state index in [1.807, 2.05) is 0 Å². The van der Waals surface area contributed by atoms with Crippen LogP contribution in [0.4, 0.5) is 5.69 Å². The van der Waals surface area contributed by atoms with Crippen molar-refractivity contribution in [3.63, 3.8) is 0 Å². The highest BCUT2D eigenvalue weighted by molar-refractivity contribution is 7.86. The Hall–Kier alpha value is -0.860. The molecule has 23 heavy (non-hydrogen) atoms. The van der Waals surface area contributed by atoms with Crippen LogP contribution in [0.5, 0.6) is 0 Å². The van der Waals surface area contributed by atoms with Crippen LogP contribution in [0, 0.1) is 0 Å². The van der Waals surface area contributed by atoms with Crippen LogP contribution in [0.1, 0.15) is 19.3 Å². The van der Waals surface area contributed by atoms with Gasteiger partial charge >= 0.3 is 0 Å². The maximum Gasteiger partial charge on any atom is 0.282 e. The van der Waals surface area contributed by atoms with Crippen LogP contribution in [-0.4, -0.2) is 49.6 Å². The number of benzene rings is 1. The van der Waals surface area contributed by atoms with Crippen LogP contribution in [0.3, 0.4) is 0 Å². The first kappa shape index (κ1) is 18.5. The number of nitrogens with one attached hydrogen (secondary N) is 1. The van der Waals surface area contributed by atoms with E-state index >= 15 is 0 Å². The number of piperidine rings is 1. The van der Waals surface area contributed by atoms with E-state index < -0.39 is 16.1 Å². The summed E-state index contributed by atoms with van der Waals surface area (Å²) in [6.45, 7) is 0.737. The summed E-state index contributed by atoms with van der Waals surface area (Å²) in [6.07, 6.45) is 2.73. The van der Waals surface area contributed by atoms with Gasteiger partial charge in [-0.15, -0.1) is 0 Å². The van der Waals surface area contributed by atoms with E-state index in [-0.39, 0.29) is 6.54 Å². The van der Waals surface area contributed by atoms with Crippen molar-refractivity contribution in [2.45, 2.75) is 19.3 Å². The molecule has 2 rings (SSSR count). The molecule has 9 heteroatoms. The summed E-state index contributed by atoms with van der Waals surface area (Å²) in [5.74, 6) is -0.438. The maximum absolute atomic E-state index is 12.4. The first-order chi connectivity index (χ1) is 10.8. The topological polar surface area (TPSA) is 69.7 Å². The summed E-state index contributed by atoms with van der Waals surface area (Å²) in [5, 5.41) is 3.31. The molecule has 0 unspecified atom stereocenters. The molecule has 128 valence electrons. The van der Waals surface area contributed by atoms with Crippen molar-refractivity contribution < 1.29 is 13.2 Å². The molecular weight excluding hydrogens is 361 g/mol. The van der Waals surface area contributed by atoms with E-state index in [1.165, 1.54) is 17.4 Å². The van der Waals surface area contributed by atoms with Crippen molar-refractivity contribution in [3.05, 3.63) is 28.2 Å². The summed E-state index contributed by atoms with van der Waals surface area (Å²) in [4.78, 5) is 12.0. The third kappa shape index (κ3) is 4.81. The lowest BCUT2D eigenvalue weighted by molar-refractivity contribution is -0.116. The van der Waals surface area contributed by atoms with Crippen LogP contribution in [-0.2, 0) is 15.0 Å². The van der Waals surface area contributed by atoms with Gasteiger partial charge in [-0.2, -0.15) is 17.0 Å². The lowest BCUT2D eigenvalue weighted by Crippen LogP contribution is -2.46. The van der Waals surface area contributed by atoms with E-state index in [0.29, 0.717) is 28.8 Å². The Bertz CT molecular complexity index is 676. The Morgan fingerprint density at radius 3 is 2.48 bits per heavy atom. The minimum atomic E-state index is -3.61. The highest BCUT2D eigenvalue weighted by Crippen LogP contribution is 2.25.